The predicted octanol–water partition coefficient (Wildman–Crippen LogP) is 2.75. The number of hydrogen-bond donors (Lipinski definition) is 1. The Kier molecular flexibility index (Phi) is 6.24. The Bertz CT molecular complexity index is 107. The van der Waals surface area contributed by atoms with Crippen molar-refractivity contribution in [3.8, 4) is 0 Å². The Labute approximate surface area is 70.1 Å². The van der Waals surface area contributed by atoms with Crippen molar-refractivity contribution in [2.45, 2.75) is 39.5 Å². The van der Waals surface area contributed by atoms with E-state index in [9.17, 15) is 0 Å². The van der Waals surface area contributed by atoms with Crippen molar-refractivity contribution < 1.29 is 5.11 Å². The first-order valence-electron chi connectivity index (χ1n) is 4.52. The zero-order valence-electron chi connectivity index (χ0n) is 7.77. The van der Waals surface area contributed by atoms with Crippen LogP contribution in [0.25, 0.3) is 0 Å². The van der Waals surface area contributed by atoms with Gasteiger partial charge in [-0.1, -0.05) is 32.4 Å². The fourth-order valence-corrected chi connectivity index (χ4v) is 1.22. The minimum Gasteiger partial charge on any atom is -0.396 e. The van der Waals surface area contributed by atoms with Crippen LogP contribution in [-0.4, -0.2) is 11.7 Å². The maximum Gasteiger partial charge on any atom is 0.0462 e. The van der Waals surface area contributed by atoms with Gasteiger partial charge >= 0.3 is 0 Å². The summed E-state index contributed by atoms with van der Waals surface area (Å²) < 4.78 is 0. The number of hydrogen-bond acceptors (Lipinski definition) is 1. The Balaban J connectivity index is 3.58. The van der Waals surface area contributed by atoms with Crippen LogP contribution in [0, 0.1) is 5.92 Å². The third kappa shape index (κ3) is 5.02. The zero-order chi connectivity index (χ0) is 8.69. The molecule has 0 aromatic heterocycles. The molecule has 1 atom stereocenters. The molecule has 0 heterocycles. The maximum atomic E-state index is 8.96. The number of aliphatic hydroxyl groups excluding tert-OH is 1. The molecule has 0 radical (unpaired) electrons. The highest BCUT2D eigenvalue weighted by atomic mass is 16.3. The van der Waals surface area contributed by atoms with Gasteiger partial charge in [-0.3, -0.25) is 0 Å². The second kappa shape index (κ2) is 6.41. The molecule has 1 N–H and O–H groups in total. The smallest absolute Gasteiger partial charge is 0.0462 e. The molecule has 1 heteroatoms. The van der Waals surface area contributed by atoms with Crippen molar-refractivity contribution in [1.29, 1.82) is 0 Å². The predicted molar refractivity (Wildman–Crippen MR) is 49.5 cm³/mol. The minimum absolute atomic E-state index is 0.312. The van der Waals surface area contributed by atoms with Gasteiger partial charge in [0.15, 0.2) is 0 Å². The molecule has 0 aromatic rings. The summed E-state index contributed by atoms with van der Waals surface area (Å²) in [5.41, 5.74) is 1.26. The summed E-state index contributed by atoms with van der Waals surface area (Å²) in [6.07, 6.45) is 4.32. The molecule has 0 bridgehead atoms. The topological polar surface area (TPSA) is 20.2 Å². The molecule has 0 fully saturated rings. The van der Waals surface area contributed by atoms with Gasteiger partial charge in [0.25, 0.3) is 0 Å². The molecule has 1 unspecified atom stereocenters. The second-order valence-electron chi connectivity index (χ2n) is 3.14. The van der Waals surface area contributed by atoms with Crippen LogP contribution in [0.3, 0.4) is 0 Å². The molecule has 0 saturated heterocycles. The highest BCUT2D eigenvalue weighted by Crippen LogP contribution is 2.16. The lowest BCUT2D eigenvalue weighted by atomic mass is 9.95. The van der Waals surface area contributed by atoms with Gasteiger partial charge in [-0.05, 0) is 25.2 Å². The van der Waals surface area contributed by atoms with E-state index in [0.717, 1.165) is 25.7 Å². The van der Waals surface area contributed by atoms with Gasteiger partial charge in [-0.25, -0.2) is 0 Å². The summed E-state index contributed by atoms with van der Waals surface area (Å²) in [5, 5.41) is 8.96. The summed E-state index contributed by atoms with van der Waals surface area (Å²) in [6, 6.07) is 0. The van der Waals surface area contributed by atoms with Crippen LogP contribution >= 0.6 is 0 Å². The fraction of sp³-hybridized carbons (Fsp3) is 0.800. The lowest BCUT2D eigenvalue weighted by Gasteiger charge is -2.13. The Hall–Kier alpha value is -0.300. The van der Waals surface area contributed by atoms with Gasteiger partial charge in [0.1, 0.15) is 0 Å². The molecule has 0 aromatic carbocycles. The van der Waals surface area contributed by atoms with Crippen LogP contribution < -0.4 is 0 Å². The summed E-state index contributed by atoms with van der Waals surface area (Å²) in [7, 11) is 0. The molecule has 0 rings (SSSR count). The van der Waals surface area contributed by atoms with Crippen molar-refractivity contribution in [1.82, 2.24) is 0 Å². The number of allylic oxidation sites excluding steroid dienone is 1. The van der Waals surface area contributed by atoms with Gasteiger partial charge in [-0.2, -0.15) is 0 Å². The maximum absolute atomic E-state index is 8.96. The first kappa shape index (κ1) is 10.7. The summed E-state index contributed by atoms with van der Waals surface area (Å²) in [4.78, 5) is 0. The van der Waals surface area contributed by atoms with E-state index >= 15 is 0 Å². The first-order chi connectivity index (χ1) is 5.24. The normalized spacial score (nSPS) is 13.0. The SMILES string of the molecule is C=C(CC)CC(CO)CCC. The van der Waals surface area contributed by atoms with Gasteiger partial charge in [0, 0.05) is 6.61 Å². The van der Waals surface area contributed by atoms with Crippen LogP contribution in [0.4, 0.5) is 0 Å². The summed E-state index contributed by atoms with van der Waals surface area (Å²) in [6.45, 7) is 8.51. The largest absolute Gasteiger partial charge is 0.396 e. The molecule has 0 aliphatic rings. The van der Waals surface area contributed by atoms with E-state index in [1.165, 1.54) is 5.57 Å². The van der Waals surface area contributed by atoms with E-state index in [1.54, 1.807) is 0 Å². The Morgan fingerprint density at radius 2 is 2.09 bits per heavy atom. The van der Waals surface area contributed by atoms with Crippen LogP contribution in [-0.2, 0) is 0 Å². The Morgan fingerprint density at radius 3 is 2.45 bits per heavy atom. The molecule has 0 saturated carbocycles. The van der Waals surface area contributed by atoms with E-state index in [0.29, 0.717) is 12.5 Å². The zero-order valence-corrected chi connectivity index (χ0v) is 7.77. The third-order valence-electron chi connectivity index (χ3n) is 2.03. The van der Waals surface area contributed by atoms with Crippen molar-refractivity contribution in [3.05, 3.63) is 12.2 Å². The number of aliphatic hydroxyl groups is 1. The lowest BCUT2D eigenvalue weighted by molar-refractivity contribution is 0.216. The van der Waals surface area contributed by atoms with E-state index in [2.05, 4.69) is 20.4 Å². The summed E-state index contributed by atoms with van der Waals surface area (Å²) in [5.74, 6) is 0.451. The molecule has 0 aliphatic heterocycles. The average molecular weight is 156 g/mol. The van der Waals surface area contributed by atoms with Crippen molar-refractivity contribution in [3.63, 3.8) is 0 Å². The molecular weight excluding hydrogens is 136 g/mol. The van der Waals surface area contributed by atoms with Gasteiger partial charge in [0.05, 0.1) is 0 Å². The van der Waals surface area contributed by atoms with E-state index < -0.39 is 0 Å². The quantitative estimate of drug-likeness (QED) is 0.586. The fourth-order valence-electron chi connectivity index (χ4n) is 1.22. The Morgan fingerprint density at radius 1 is 1.45 bits per heavy atom. The lowest BCUT2D eigenvalue weighted by Crippen LogP contribution is -2.06. The summed E-state index contributed by atoms with van der Waals surface area (Å²) >= 11 is 0. The van der Waals surface area contributed by atoms with Crippen LogP contribution in [0.5, 0.6) is 0 Å². The number of rotatable bonds is 6. The van der Waals surface area contributed by atoms with Crippen LogP contribution in [0.2, 0.25) is 0 Å². The van der Waals surface area contributed by atoms with Crippen molar-refractivity contribution >= 4 is 0 Å². The third-order valence-corrected chi connectivity index (χ3v) is 2.03. The molecular formula is C10H20O. The molecule has 66 valence electrons. The molecule has 0 amide bonds. The molecule has 0 aliphatic carbocycles. The van der Waals surface area contributed by atoms with Gasteiger partial charge < -0.3 is 5.11 Å². The second-order valence-corrected chi connectivity index (χ2v) is 3.14. The van der Waals surface area contributed by atoms with E-state index in [4.69, 9.17) is 5.11 Å². The minimum atomic E-state index is 0.312. The molecule has 0 spiro atoms. The van der Waals surface area contributed by atoms with Crippen LogP contribution in [0.1, 0.15) is 39.5 Å². The van der Waals surface area contributed by atoms with Crippen molar-refractivity contribution in [2.24, 2.45) is 5.92 Å². The van der Waals surface area contributed by atoms with Crippen LogP contribution in [0.15, 0.2) is 12.2 Å². The van der Waals surface area contributed by atoms with E-state index in [-0.39, 0.29) is 0 Å². The average Bonchev–Trinajstić information content (AvgIpc) is 2.03. The van der Waals surface area contributed by atoms with Gasteiger partial charge in [-0.15, -0.1) is 0 Å². The standard InChI is InChI=1S/C10H20O/c1-4-6-10(8-11)7-9(3)5-2/h10-11H,3-8H2,1-2H3. The monoisotopic (exact) mass is 156 g/mol. The molecule has 11 heavy (non-hydrogen) atoms. The highest BCUT2D eigenvalue weighted by molar-refractivity contribution is 4.94. The van der Waals surface area contributed by atoms with Gasteiger partial charge in [0.2, 0.25) is 0 Å². The first-order valence-corrected chi connectivity index (χ1v) is 4.52. The molecule has 1 nitrogen and oxygen atoms in total. The van der Waals surface area contributed by atoms with E-state index in [1.807, 2.05) is 0 Å². The van der Waals surface area contributed by atoms with Crippen molar-refractivity contribution in [2.75, 3.05) is 6.61 Å². The highest BCUT2D eigenvalue weighted by Gasteiger charge is 2.06.